The molecule has 0 atom stereocenters. The highest BCUT2D eigenvalue weighted by molar-refractivity contribution is 7.13. The van der Waals surface area contributed by atoms with E-state index in [4.69, 9.17) is 0 Å². The van der Waals surface area contributed by atoms with Gasteiger partial charge in [0.15, 0.2) is 0 Å². The number of amides is 1. The van der Waals surface area contributed by atoms with Crippen molar-refractivity contribution < 1.29 is 9.18 Å². The molecule has 0 aliphatic carbocycles. The Morgan fingerprint density at radius 3 is 2.66 bits per heavy atom. The van der Waals surface area contributed by atoms with E-state index in [1.165, 1.54) is 22.1 Å². The summed E-state index contributed by atoms with van der Waals surface area (Å²) in [6.45, 7) is 1.73. The van der Waals surface area contributed by atoms with E-state index in [9.17, 15) is 14.0 Å². The molecular weight excluding hydrogens is 389 g/mol. The minimum atomic E-state index is -0.339. The van der Waals surface area contributed by atoms with Crippen molar-refractivity contribution in [3.8, 4) is 10.6 Å². The van der Waals surface area contributed by atoms with Crippen LogP contribution in [-0.4, -0.2) is 15.7 Å². The minimum absolute atomic E-state index is 0.192. The van der Waals surface area contributed by atoms with Crippen LogP contribution in [0.2, 0.25) is 0 Å². The van der Waals surface area contributed by atoms with Gasteiger partial charge in [0.1, 0.15) is 18.1 Å². The first-order valence-corrected chi connectivity index (χ1v) is 9.96. The predicted molar refractivity (Wildman–Crippen MR) is 112 cm³/mol. The smallest absolute Gasteiger partial charge is 0.275 e. The number of aryl methyl sites for hydroxylation is 1. The van der Waals surface area contributed by atoms with Gasteiger partial charge >= 0.3 is 0 Å². The molecule has 0 fully saturated rings. The highest BCUT2D eigenvalue weighted by atomic mass is 32.1. The second kappa shape index (κ2) is 7.97. The van der Waals surface area contributed by atoms with Crippen LogP contribution in [0.4, 0.5) is 4.39 Å². The van der Waals surface area contributed by atoms with Crippen molar-refractivity contribution >= 4 is 28.0 Å². The summed E-state index contributed by atoms with van der Waals surface area (Å²) in [5, 5.41) is 10.5. The van der Waals surface area contributed by atoms with Crippen LogP contribution in [0.5, 0.6) is 0 Å². The van der Waals surface area contributed by atoms with E-state index in [0.717, 1.165) is 15.8 Å². The molecule has 0 radical (unpaired) electrons. The van der Waals surface area contributed by atoms with Gasteiger partial charge in [0.2, 0.25) is 5.91 Å². The number of nitrogens with zero attached hydrogens (tertiary/aromatic N) is 2. The number of nitrogens with one attached hydrogen (secondary N) is 1. The minimum Gasteiger partial charge on any atom is -0.350 e. The highest BCUT2D eigenvalue weighted by Crippen LogP contribution is 2.28. The van der Waals surface area contributed by atoms with Crippen LogP contribution in [-0.2, 0) is 17.9 Å². The highest BCUT2D eigenvalue weighted by Gasteiger charge is 2.14. The number of carbonyl (C=O) groups excluding carboxylic acids is 1. The van der Waals surface area contributed by atoms with Gasteiger partial charge in [-0.3, -0.25) is 9.59 Å². The molecule has 0 aliphatic rings. The maximum atomic E-state index is 13.4. The first-order valence-electron chi connectivity index (χ1n) is 9.08. The van der Waals surface area contributed by atoms with E-state index < -0.39 is 0 Å². The normalized spacial score (nSPS) is 11.0. The Labute approximate surface area is 170 Å². The molecule has 0 saturated heterocycles. The lowest BCUT2D eigenvalue weighted by atomic mass is 10.1. The number of fused-ring (bicyclic) bond motifs is 1. The van der Waals surface area contributed by atoms with Gasteiger partial charge < -0.3 is 5.32 Å². The van der Waals surface area contributed by atoms with Crippen LogP contribution in [0.15, 0.2) is 64.8 Å². The lowest BCUT2D eigenvalue weighted by molar-refractivity contribution is -0.122. The van der Waals surface area contributed by atoms with E-state index >= 15 is 0 Å². The fourth-order valence-corrected chi connectivity index (χ4v) is 3.87. The lowest BCUT2D eigenvalue weighted by Gasteiger charge is -2.11. The van der Waals surface area contributed by atoms with Crippen LogP contribution < -0.4 is 10.9 Å². The summed E-state index contributed by atoms with van der Waals surface area (Å²) < 4.78 is 14.6. The topological polar surface area (TPSA) is 64.0 Å². The maximum Gasteiger partial charge on any atom is 0.275 e. The van der Waals surface area contributed by atoms with Crippen molar-refractivity contribution in [1.29, 1.82) is 0 Å². The zero-order chi connectivity index (χ0) is 20.4. The van der Waals surface area contributed by atoms with Gasteiger partial charge in [-0.05, 0) is 41.6 Å². The quantitative estimate of drug-likeness (QED) is 0.546. The summed E-state index contributed by atoms with van der Waals surface area (Å²) in [6.07, 6.45) is 0. The van der Waals surface area contributed by atoms with Gasteiger partial charge in [0.05, 0.1) is 10.3 Å². The summed E-state index contributed by atoms with van der Waals surface area (Å²) in [4.78, 5) is 26.2. The Kier molecular flexibility index (Phi) is 5.22. The zero-order valence-corrected chi connectivity index (χ0v) is 16.5. The van der Waals surface area contributed by atoms with Crippen molar-refractivity contribution in [3.05, 3.63) is 87.3 Å². The second-order valence-corrected chi connectivity index (χ2v) is 7.64. The van der Waals surface area contributed by atoms with Crippen LogP contribution in [0.3, 0.4) is 0 Å². The molecule has 0 saturated carbocycles. The summed E-state index contributed by atoms with van der Waals surface area (Å²) in [7, 11) is 0. The molecule has 5 nitrogen and oxygen atoms in total. The van der Waals surface area contributed by atoms with E-state index in [1.807, 2.05) is 29.6 Å². The van der Waals surface area contributed by atoms with Crippen molar-refractivity contribution in [2.45, 2.75) is 20.0 Å². The molecule has 2 aromatic carbocycles. The maximum absolute atomic E-state index is 13.4. The third kappa shape index (κ3) is 3.95. The van der Waals surface area contributed by atoms with Gasteiger partial charge in [0, 0.05) is 11.9 Å². The Morgan fingerprint density at radius 2 is 1.93 bits per heavy atom. The number of thiophene rings is 1. The van der Waals surface area contributed by atoms with Crippen molar-refractivity contribution in [2.24, 2.45) is 0 Å². The predicted octanol–water partition coefficient (Wildman–Crippen LogP) is 3.89. The van der Waals surface area contributed by atoms with Gasteiger partial charge in [-0.15, -0.1) is 11.3 Å². The number of benzene rings is 2. The molecule has 2 heterocycles. The van der Waals surface area contributed by atoms with Crippen molar-refractivity contribution in [3.63, 3.8) is 0 Å². The monoisotopic (exact) mass is 407 g/mol. The molecule has 2 aromatic heterocycles. The Morgan fingerprint density at radius 1 is 1.14 bits per heavy atom. The van der Waals surface area contributed by atoms with Crippen LogP contribution in [0.1, 0.15) is 11.1 Å². The third-order valence-corrected chi connectivity index (χ3v) is 5.50. The molecule has 1 N–H and O–H groups in total. The molecule has 0 spiro atoms. The molecule has 4 aromatic rings. The van der Waals surface area contributed by atoms with E-state index in [0.29, 0.717) is 16.6 Å². The first-order chi connectivity index (χ1) is 14.0. The summed E-state index contributed by atoms with van der Waals surface area (Å²) >= 11 is 1.53. The number of hydrogen-bond acceptors (Lipinski definition) is 4. The number of carbonyl (C=O) groups is 1. The third-order valence-electron chi connectivity index (χ3n) is 4.63. The second-order valence-electron chi connectivity index (χ2n) is 6.69. The fraction of sp³-hybridized carbons (Fsp3) is 0.136. The van der Waals surface area contributed by atoms with E-state index in [-0.39, 0.29) is 30.4 Å². The largest absolute Gasteiger partial charge is 0.350 e. The van der Waals surface area contributed by atoms with Crippen LogP contribution >= 0.6 is 11.3 Å². The molecule has 0 aliphatic heterocycles. The van der Waals surface area contributed by atoms with Gasteiger partial charge in [-0.1, -0.05) is 36.4 Å². The van der Waals surface area contributed by atoms with Crippen molar-refractivity contribution in [2.75, 3.05) is 0 Å². The molecule has 4 rings (SSSR count). The Hall–Kier alpha value is -3.32. The molecule has 0 unspecified atom stereocenters. The molecular formula is C22H18FN3O2S. The standard InChI is InChI=1S/C22H18FN3O2S/c1-14-11-15(8-9-18(14)23)12-24-20(27)13-26-22(28)17-6-3-2-5-16(17)21(25-26)19-7-4-10-29-19/h2-11H,12-13H2,1H3,(H,24,27). The number of halogens is 1. The average Bonchev–Trinajstić information content (AvgIpc) is 3.26. The fourth-order valence-electron chi connectivity index (χ4n) is 3.15. The van der Waals surface area contributed by atoms with Gasteiger partial charge in [-0.25, -0.2) is 9.07 Å². The number of hydrogen-bond donors (Lipinski definition) is 1. The van der Waals surface area contributed by atoms with E-state index in [2.05, 4.69) is 10.4 Å². The number of aromatic nitrogens is 2. The van der Waals surface area contributed by atoms with Crippen LogP contribution in [0, 0.1) is 12.7 Å². The average molecular weight is 407 g/mol. The molecule has 0 bridgehead atoms. The molecule has 29 heavy (non-hydrogen) atoms. The number of rotatable bonds is 5. The van der Waals surface area contributed by atoms with Gasteiger partial charge in [-0.2, -0.15) is 5.10 Å². The SMILES string of the molecule is Cc1cc(CNC(=O)Cn2nc(-c3cccs3)c3ccccc3c2=O)ccc1F. The zero-order valence-electron chi connectivity index (χ0n) is 15.7. The Balaban J connectivity index is 1.60. The van der Waals surface area contributed by atoms with Crippen molar-refractivity contribution in [1.82, 2.24) is 15.1 Å². The molecule has 1 amide bonds. The van der Waals surface area contributed by atoms with Gasteiger partial charge in [0.25, 0.3) is 5.56 Å². The van der Waals surface area contributed by atoms with Crippen LogP contribution in [0.25, 0.3) is 21.3 Å². The van der Waals surface area contributed by atoms with E-state index in [1.54, 1.807) is 31.2 Å². The summed E-state index contributed by atoms with van der Waals surface area (Å²) in [5.41, 5.74) is 1.67. The molecule has 146 valence electrons. The summed E-state index contributed by atoms with van der Waals surface area (Å²) in [6, 6.07) is 15.8. The Bertz CT molecular complexity index is 1250. The first kappa shape index (κ1) is 19.0. The lowest BCUT2D eigenvalue weighted by Crippen LogP contribution is -2.33. The summed E-state index contributed by atoms with van der Waals surface area (Å²) in [5.74, 6) is -0.623. The molecule has 7 heteroatoms.